The van der Waals surface area contributed by atoms with Crippen molar-refractivity contribution in [1.82, 2.24) is 0 Å². The number of rotatable bonds is 29. The van der Waals surface area contributed by atoms with Gasteiger partial charge in [0.15, 0.2) is 0 Å². The predicted molar refractivity (Wildman–Crippen MR) is 161 cm³/mol. The molecular weight excluding hydrogens is 440 g/mol. The third-order valence-electron chi connectivity index (χ3n) is 7.71. The van der Waals surface area contributed by atoms with Gasteiger partial charge in [-0.25, -0.2) is 0 Å². The minimum absolute atomic E-state index is 0.0230. The van der Waals surface area contributed by atoms with Crippen molar-refractivity contribution >= 4 is 5.97 Å². The second kappa shape index (κ2) is 29.0. The van der Waals surface area contributed by atoms with Gasteiger partial charge in [-0.1, -0.05) is 168 Å². The van der Waals surface area contributed by atoms with Gasteiger partial charge in [0, 0.05) is 6.42 Å². The van der Waals surface area contributed by atoms with Crippen LogP contribution >= 0.6 is 0 Å². The van der Waals surface area contributed by atoms with Crippen LogP contribution in [0.4, 0.5) is 0 Å². The lowest BCUT2D eigenvalue weighted by molar-refractivity contribution is -0.148. The molecule has 0 bridgehead atoms. The molecule has 216 valence electrons. The normalized spacial score (nSPS) is 12.4. The van der Waals surface area contributed by atoms with Crippen LogP contribution in [0.25, 0.3) is 0 Å². The smallest absolute Gasteiger partial charge is 0.306 e. The first-order valence-electron chi connectivity index (χ1n) is 16.8. The van der Waals surface area contributed by atoms with E-state index in [9.17, 15) is 4.79 Å². The number of ether oxygens (including phenoxy) is 1. The van der Waals surface area contributed by atoms with Gasteiger partial charge in [-0.05, 0) is 32.1 Å². The van der Waals surface area contributed by atoms with Gasteiger partial charge in [0.05, 0.1) is 6.10 Å². The minimum Gasteiger partial charge on any atom is -0.463 e. The quantitative estimate of drug-likeness (QED) is 0.0741. The molecule has 0 saturated heterocycles. The van der Waals surface area contributed by atoms with Crippen molar-refractivity contribution in [3.63, 3.8) is 0 Å². The SMILES string of the molecule is CCCCCCCCCCCCCCC(C)OC(=O)CCCCCCCCCCCCCCC(C)C. The molecule has 0 saturated carbocycles. The third-order valence-corrected chi connectivity index (χ3v) is 7.71. The second-order valence-electron chi connectivity index (χ2n) is 12.2. The zero-order valence-electron chi connectivity index (χ0n) is 25.6. The summed E-state index contributed by atoms with van der Waals surface area (Å²) < 4.78 is 5.63. The average Bonchev–Trinajstić information content (AvgIpc) is 2.84. The molecule has 0 amide bonds. The van der Waals surface area contributed by atoms with Crippen molar-refractivity contribution in [3.05, 3.63) is 0 Å². The summed E-state index contributed by atoms with van der Waals surface area (Å²) in [5.41, 5.74) is 0. The van der Waals surface area contributed by atoms with Gasteiger partial charge in [-0.15, -0.1) is 0 Å². The first-order valence-corrected chi connectivity index (χ1v) is 16.8. The van der Waals surface area contributed by atoms with E-state index in [-0.39, 0.29) is 12.1 Å². The Hall–Kier alpha value is -0.530. The van der Waals surface area contributed by atoms with Crippen LogP contribution in [0.15, 0.2) is 0 Å². The number of carbonyl (C=O) groups is 1. The lowest BCUT2D eigenvalue weighted by atomic mass is 10.0. The maximum Gasteiger partial charge on any atom is 0.306 e. The zero-order valence-corrected chi connectivity index (χ0v) is 25.6. The van der Waals surface area contributed by atoms with Gasteiger partial charge < -0.3 is 4.74 Å². The molecule has 0 aliphatic rings. The Labute approximate surface area is 228 Å². The maximum atomic E-state index is 12.1. The summed E-state index contributed by atoms with van der Waals surface area (Å²) in [6, 6.07) is 0. The Morgan fingerprint density at radius 2 is 0.806 bits per heavy atom. The topological polar surface area (TPSA) is 26.3 Å². The molecule has 0 aliphatic heterocycles. The molecule has 0 fully saturated rings. The van der Waals surface area contributed by atoms with Crippen molar-refractivity contribution in [2.24, 2.45) is 5.92 Å². The fraction of sp³-hybridized carbons (Fsp3) is 0.971. The Morgan fingerprint density at radius 3 is 1.19 bits per heavy atom. The largest absolute Gasteiger partial charge is 0.463 e. The van der Waals surface area contributed by atoms with E-state index >= 15 is 0 Å². The molecule has 1 unspecified atom stereocenters. The summed E-state index contributed by atoms with van der Waals surface area (Å²) in [7, 11) is 0. The molecule has 0 rings (SSSR count). The van der Waals surface area contributed by atoms with Crippen LogP contribution < -0.4 is 0 Å². The molecule has 0 aromatic rings. The Morgan fingerprint density at radius 1 is 0.472 bits per heavy atom. The molecule has 0 heterocycles. The molecule has 2 heteroatoms. The number of unbranched alkanes of at least 4 members (excludes halogenated alkanes) is 22. The number of carbonyl (C=O) groups excluding carboxylic acids is 1. The minimum atomic E-state index is 0.0230. The Kier molecular flexibility index (Phi) is 28.6. The molecule has 1 atom stereocenters. The highest BCUT2D eigenvalue weighted by Gasteiger charge is 2.09. The Bertz CT molecular complexity index is 431. The first-order chi connectivity index (χ1) is 17.6. The standard InChI is InChI=1S/C34H68O2/c1-5-6-7-8-9-10-11-15-18-21-24-27-30-33(4)36-34(35)31-28-25-22-19-16-13-12-14-17-20-23-26-29-32(2)3/h32-33H,5-31H2,1-4H3. The van der Waals surface area contributed by atoms with Gasteiger partial charge in [0.25, 0.3) is 0 Å². The molecule has 0 N–H and O–H groups in total. The highest BCUT2D eigenvalue weighted by molar-refractivity contribution is 5.69. The summed E-state index contributed by atoms with van der Waals surface area (Å²) in [6.45, 7) is 9.01. The van der Waals surface area contributed by atoms with E-state index in [2.05, 4.69) is 27.7 Å². The van der Waals surface area contributed by atoms with E-state index in [1.54, 1.807) is 0 Å². The highest BCUT2D eigenvalue weighted by atomic mass is 16.5. The van der Waals surface area contributed by atoms with Crippen molar-refractivity contribution in [1.29, 1.82) is 0 Å². The third kappa shape index (κ3) is 29.7. The molecule has 36 heavy (non-hydrogen) atoms. The summed E-state index contributed by atoms with van der Waals surface area (Å²) in [5.74, 6) is 0.892. The lowest BCUT2D eigenvalue weighted by Crippen LogP contribution is -2.14. The van der Waals surface area contributed by atoms with Gasteiger partial charge in [0.2, 0.25) is 0 Å². The summed E-state index contributed by atoms with van der Waals surface area (Å²) in [6.07, 6.45) is 35.7. The monoisotopic (exact) mass is 509 g/mol. The van der Waals surface area contributed by atoms with Gasteiger partial charge in [0.1, 0.15) is 0 Å². The second-order valence-corrected chi connectivity index (χ2v) is 12.2. The van der Waals surface area contributed by atoms with Crippen molar-refractivity contribution in [3.8, 4) is 0 Å². The van der Waals surface area contributed by atoms with Gasteiger partial charge >= 0.3 is 5.97 Å². The van der Waals surface area contributed by atoms with Crippen LogP contribution in [0.1, 0.15) is 201 Å². The number of hydrogen-bond donors (Lipinski definition) is 0. The fourth-order valence-corrected chi connectivity index (χ4v) is 5.20. The molecule has 2 nitrogen and oxygen atoms in total. The van der Waals surface area contributed by atoms with E-state index in [4.69, 9.17) is 4.74 Å². The number of hydrogen-bond acceptors (Lipinski definition) is 2. The Balaban J connectivity index is 3.29. The predicted octanol–water partition coefficient (Wildman–Crippen LogP) is 12.1. The van der Waals surface area contributed by atoms with Crippen molar-refractivity contribution < 1.29 is 9.53 Å². The summed E-state index contributed by atoms with van der Waals surface area (Å²) in [4.78, 5) is 12.1. The van der Waals surface area contributed by atoms with E-state index in [0.717, 1.165) is 18.8 Å². The van der Waals surface area contributed by atoms with Crippen LogP contribution in [0, 0.1) is 5.92 Å². The fourth-order valence-electron chi connectivity index (χ4n) is 5.20. The van der Waals surface area contributed by atoms with Crippen molar-refractivity contribution in [2.75, 3.05) is 0 Å². The maximum absolute atomic E-state index is 12.1. The average molecular weight is 509 g/mol. The van der Waals surface area contributed by atoms with E-state index in [0.29, 0.717) is 6.42 Å². The van der Waals surface area contributed by atoms with Crippen LogP contribution in [0.2, 0.25) is 0 Å². The zero-order chi connectivity index (χ0) is 26.5. The van der Waals surface area contributed by atoms with Gasteiger partial charge in [-0.2, -0.15) is 0 Å². The molecule has 0 spiro atoms. The lowest BCUT2D eigenvalue weighted by Gasteiger charge is -2.13. The van der Waals surface area contributed by atoms with E-state index < -0.39 is 0 Å². The highest BCUT2D eigenvalue weighted by Crippen LogP contribution is 2.16. The van der Waals surface area contributed by atoms with Gasteiger partial charge in [-0.3, -0.25) is 4.79 Å². The van der Waals surface area contributed by atoms with E-state index in [1.807, 2.05) is 0 Å². The van der Waals surface area contributed by atoms with E-state index in [1.165, 1.54) is 154 Å². The molecule has 0 aromatic carbocycles. The molecule has 0 aromatic heterocycles. The molecule has 0 aliphatic carbocycles. The van der Waals surface area contributed by atoms with Crippen LogP contribution in [0.3, 0.4) is 0 Å². The van der Waals surface area contributed by atoms with Crippen LogP contribution in [-0.4, -0.2) is 12.1 Å². The van der Waals surface area contributed by atoms with Crippen LogP contribution in [0.5, 0.6) is 0 Å². The molecule has 0 radical (unpaired) electrons. The van der Waals surface area contributed by atoms with Crippen LogP contribution in [-0.2, 0) is 9.53 Å². The first kappa shape index (κ1) is 35.5. The van der Waals surface area contributed by atoms with Crippen molar-refractivity contribution in [2.45, 2.75) is 207 Å². The summed E-state index contributed by atoms with van der Waals surface area (Å²) >= 11 is 0. The number of esters is 1. The summed E-state index contributed by atoms with van der Waals surface area (Å²) in [5, 5.41) is 0. The molecular formula is C34H68O2.